The Morgan fingerprint density at radius 1 is 1.03 bits per heavy atom. The summed E-state index contributed by atoms with van der Waals surface area (Å²) in [5.74, 6) is -0.991. The van der Waals surface area contributed by atoms with Crippen LogP contribution < -0.4 is 0 Å². The lowest BCUT2D eigenvalue weighted by atomic mass is 9.73. The minimum absolute atomic E-state index is 0.00710. The third kappa shape index (κ3) is 4.10. The highest BCUT2D eigenvalue weighted by Gasteiger charge is 2.56. The van der Waals surface area contributed by atoms with Gasteiger partial charge in [-0.3, -0.25) is 0 Å². The van der Waals surface area contributed by atoms with Crippen molar-refractivity contribution in [1.29, 1.82) is 0 Å². The molecule has 3 N–H and O–H groups in total. The lowest BCUT2D eigenvalue weighted by Crippen LogP contribution is -2.50. The second kappa shape index (κ2) is 7.06. The van der Waals surface area contributed by atoms with Gasteiger partial charge in [-0.25, -0.2) is 4.39 Å². The zero-order valence-corrected chi connectivity index (χ0v) is 16.4. The number of benzene rings is 2. The fourth-order valence-electron chi connectivity index (χ4n) is 3.91. The molecule has 0 radical (unpaired) electrons. The van der Waals surface area contributed by atoms with E-state index in [1.54, 1.807) is 18.2 Å². The first-order valence-electron chi connectivity index (χ1n) is 9.18. The van der Waals surface area contributed by atoms with E-state index in [4.69, 9.17) is 0 Å². The number of phenols is 1. The second-order valence-electron chi connectivity index (χ2n) is 8.26. The molecule has 7 heteroatoms. The zero-order chi connectivity index (χ0) is 21.6. The number of aromatic amines is 1. The average molecular weight is 409 g/mol. The van der Waals surface area contributed by atoms with Crippen molar-refractivity contribution in [3.63, 3.8) is 0 Å². The smallest absolute Gasteiger partial charge is 0.417 e. The van der Waals surface area contributed by atoms with Gasteiger partial charge in [0.15, 0.2) is 5.60 Å². The first-order valence-corrected chi connectivity index (χ1v) is 9.18. The van der Waals surface area contributed by atoms with Gasteiger partial charge < -0.3 is 15.2 Å². The van der Waals surface area contributed by atoms with E-state index in [1.807, 2.05) is 13.0 Å². The van der Waals surface area contributed by atoms with Crippen molar-refractivity contribution in [2.75, 3.05) is 0 Å². The highest BCUT2D eigenvalue weighted by molar-refractivity contribution is 5.83. The minimum atomic E-state index is -4.93. The zero-order valence-electron chi connectivity index (χ0n) is 16.4. The molecule has 3 aromatic rings. The number of nitrogens with one attached hydrogen (secondary N) is 1. The summed E-state index contributed by atoms with van der Waals surface area (Å²) in [6.07, 6.45) is -6.38. The van der Waals surface area contributed by atoms with E-state index >= 15 is 0 Å². The summed E-state index contributed by atoms with van der Waals surface area (Å²) in [7, 11) is 0. The Balaban J connectivity index is 2.00. The molecule has 0 amide bonds. The van der Waals surface area contributed by atoms with Gasteiger partial charge in [0.2, 0.25) is 0 Å². The number of fused-ring (bicyclic) bond motifs is 1. The topological polar surface area (TPSA) is 56.2 Å². The van der Waals surface area contributed by atoms with Crippen LogP contribution in [0, 0.1) is 12.7 Å². The molecule has 0 aliphatic rings. The number of phenolic OH excluding ortho intramolecular Hbond substituents is 1. The summed E-state index contributed by atoms with van der Waals surface area (Å²) in [6, 6.07) is 10.1. The molecule has 156 valence electrons. The number of aliphatic hydroxyl groups is 1. The monoisotopic (exact) mass is 409 g/mol. The highest BCUT2D eigenvalue weighted by Crippen LogP contribution is 2.45. The van der Waals surface area contributed by atoms with Crippen LogP contribution in [0.1, 0.15) is 37.1 Å². The van der Waals surface area contributed by atoms with Gasteiger partial charge in [-0.05, 0) is 54.7 Å². The second-order valence-corrected chi connectivity index (χ2v) is 8.26. The van der Waals surface area contributed by atoms with Crippen LogP contribution in [0.3, 0.4) is 0 Å². The van der Waals surface area contributed by atoms with Crippen molar-refractivity contribution >= 4 is 10.9 Å². The number of hydrogen-bond donors (Lipinski definition) is 3. The van der Waals surface area contributed by atoms with Gasteiger partial charge in [0.05, 0.1) is 0 Å². The third-order valence-electron chi connectivity index (χ3n) is 5.37. The Bertz CT molecular complexity index is 1040. The van der Waals surface area contributed by atoms with Gasteiger partial charge in [-0.2, -0.15) is 13.2 Å². The summed E-state index contributed by atoms with van der Waals surface area (Å²) in [6.45, 7) is 4.73. The van der Waals surface area contributed by atoms with Gasteiger partial charge in [0, 0.05) is 28.6 Å². The molecule has 0 aliphatic carbocycles. The number of hydrogen-bond acceptors (Lipinski definition) is 2. The lowest BCUT2D eigenvalue weighted by Gasteiger charge is -2.38. The Morgan fingerprint density at radius 2 is 1.72 bits per heavy atom. The van der Waals surface area contributed by atoms with E-state index < -0.39 is 35.9 Å². The molecular formula is C22H23F4NO2. The number of rotatable bonds is 5. The molecule has 1 heterocycles. The predicted octanol–water partition coefficient (Wildman–Crippen LogP) is 5.52. The van der Waals surface area contributed by atoms with Crippen LogP contribution in [0.25, 0.3) is 10.9 Å². The maximum Gasteiger partial charge on any atom is 0.417 e. The van der Waals surface area contributed by atoms with Gasteiger partial charge in [0.1, 0.15) is 11.6 Å². The van der Waals surface area contributed by atoms with Crippen molar-refractivity contribution in [2.24, 2.45) is 0 Å². The summed E-state index contributed by atoms with van der Waals surface area (Å²) in [4.78, 5) is 2.94. The standard InChI is InChI=1S/C22H23F4NO2/c1-13-5-4-6-18-16(13)10-15(27-18)11-21(29,22(24,25)26)12-20(2,3)17-9-14(23)7-8-19(17)28/h4-10,27-29H,11-12H2,1-3H3. The Kier molecular flexibility index (Phi) is 5.15. The van der Waals surface area contributed by atoms with Crippen LogP contribution in [0.5, 0.6) is 5.75 Å². The van der Waals surface area contributed by atoms with E-state index in [2.05, 4.69) is 4.98 Å². The fraction of sp³-hybridized carbons (Fsp3) is 0.364. The molecule has 0 saturated carbocycles. The number of H-pyrrole nitrogens is 1. The quantitative estimate of drug-likeness (QED) is 0.486. The van der Waals surface area contributed by atoms with E-state index in [9.17, 15) is 27.8 Å². The number of aromatic hydroxyl groups is 1. The average Bonchev–Trinajstić information content (AvgIpc) is 2.99. The molecule has 0 spiro atoms. The molecule has 2 aromatic carbocycles. The predicted molar refractivity (Wildman–Crippen MR) is 103 cm³/mol. The summed E-state index contributed by atoms with van der Waals surface area (Å²) < 4.78 is 55.5. The van der Waals surface area contributed by atoms with Crippen molar-refractivity contribution in [3.05, 3.63) is 65.1 Å². The molecule has 1 atom stereocenters. The minimum Gasteiger partial charge on any atom is -0.508 e. The molecular weight excluding hydrogens is 386 g/mol. The van der Waals surface area contributed by atoms with Crippen molar-refractivity contribution in [3.8, 4) is 5.75 Å². The first kappa shape index (κ1) is 21.2. The van der Waals surface area contributed by atoms with Crippen molar-refractivity contribution < 1.29 is 27.8 Å². The molecule has 3 rings (SSSR count). The summed E-state index contributed by atoms with van der Waals surface area (Å²) >= 11 is 0. The Labute approximate surface area is 166 Å². The molecule has 1 aromatic heterocycles. The fourth-order valence-corrected chi connectivity index (χ4v) is 3.91. The molecule has 0 aliphatic heterocycles. The normalized spacial score (nSPS) is 14.9. The van der Waals surface area contributed by atoms with Crippen LogP contribution in [0.15, 0.2) is 42.5 Å². The maximum absolute atomic E-state index is 14.0. The van der Waals surface area contributed by atoms with Gasteiger partial charge in [-0.15, -0.1) is 0 Å². The lowest BCUT2D eigenvalue weighted by molar-refractivity contribution is -0.266. The largest absolute Gasteiger partial charge is 0.508 e. The molecule has 3 nitrogen and oxygen atoms in total. The highest BCUT2D eigenvalue weighted by atomic mass is 19.4. The van der Waals surface area contributed by atoms with Crippen molar-refractivity contribution in [2.45, 2.75) is 50.8 Å². The number of aryl methyl sites for hydroxylation is 1. The number of halogens is 4. The van der Waals surface area contributed by atoms with E-state index in [-0.39, 0.29) is 17.0 Å². The van der Waals surface area contributed by atoms with Crippen LogP contribution in [-0.4, -0.2) is 27.0 Å². The number of aromatic nitrogens is 1. The molecule has 0 saturated heterocycles. The van der Waals surface area contributed by atoms with E-state index in [1.165, 1.54) is 13.8 Å². The first-order chi connectivity index (χ1) is 13.3. The SMILES string of the molecule is Cc1cccc2[nH]c(CC(O)(CC(C)(C)c3cc(F)ccc3O)C(F)(F)F)cc12. The summed E-state index contributed by atoms with van der Waals surface area (Å²) in [5.41, 5.74) is -2.58. The molecule has 1 unspecified atom stereocenters. The molecule has 0 bridgehead atoms. The van der Waals surface area contributed by atoms with Crippen LogP contribution >= 0.6 is 0 Å². The Hall–Kier alpha value is -2.54. The van der Waals surface area contributed by atoms with E-state index in [0.29, 0.717) is 5.52 Å². The third-order valence-corrected chi connectivity index (χ3v) is 5.37. The van der Waals surface area contributed by atoms with Gasteiger partial charge in [0.25, 0.3) is 0 Å². The van der Waals surface area contributed by atoms with Crippen LogP contribution in [0.4, 0.5) is 17.6 Å². The van der Waals surface area contributed by atoms with Crippen molar-refractivity contribution in [1.82, 2.24) is 4.98 Å². The number of alkyl halides is 3. The van der Waals surface area contributed by atoms with Gasteiger partial charge in [-0.1, -0.05) is 26.0 Å². The molecule has 0 fully saturated rings. The van der Waals surface area contributed by atoms with Crippen LogP contribution in [0.2, 0.25) is 0 Å². The maximum atomic E-state index is 14.0. The van der Waals surface area contributed by atoms with Crippen LogP contribution in [-0.2, 0) is 11.8 Å². The Morgan fingerprint density at radius 3 is 2.34 bits per heavy atom. The molecule has 29 heavy (non-hydrogen) atoms. The summed E-state index contributed by atoms with van der Waals surface area (Å²) in [5, 5.41) is 21.6. The van der Waals surface area contributed by atoms with E-state index in [0.717, 1.165) is 29.1 Å². The van der Waals surface area contributed by atoms with Gasteiger partial charge >= 0.3 is 6.18 Å².